The van der Waals surface area contributed by atoms with Crippen molar-refractivity contribution in [2.45, 2.75) is 71.8 Å². The molecule has 1 spiro atoms. The van der Waals surface area contributed by atoms with Crippen LogP contribution in [0.5, 0.6) is 5.75 Å². The van der Waals surface area contributed by atoms with Gasteiger partial charge in [0.15, 0.2) is 5.60 Å². The van der Waals surface area contributed by atoms with Crippen molar-refractivity contribution < 1.29 is 4.74 Å². The molecule has 5 aromatic rings. The molecule has 246 valence electrons. The Bertz CT molecular complexity index is 2150. The van der Waals surface area contributed by atoms with Crippen molar-refractivity contribution in [1.82, 2.24) is 0 Å². The molecule has 0 amide bonds. The molecule has 1 saturated carbocycles. The normalized spacial score (nSPS) is 20.6. The van der Waals surface area contributed by atoms with Crippen molar-refractivity contribution in [2.75, 3.05) is 18.0 Å². The highest BCUT2D eigenvalue weighted by Crippen LogP contribution is 2.67. The summed E-state index contributed by atoms with van der Waals surface area (Å²) >= 11 is 0. The first-order valence-electron chi connectivity index (χ1n) is 18.0. The zero-order chi connectivity index (χ0) is 34.2. The first-order valence-corrected chi connectivity index (χ1v) is 18.0. The lowest BCUT2D eigenvalue weighted by atomic mass is 9.52. The molecule has 8 rings (SSSR count). The number of fused-ring (bicyclic) bond motifs is 10. The number of nitriles is 1. The fraction of sp³-hybridized carbons (Fsp3) is 0.326. The SMILES string of the molecule is CCN(CC)c1ccc(C2(c3ccccc3)C=Cc3c4c(c5ccccc5c3O2)-c2ccc(C#N)cc2C42CC(C)(C)CC(C)(C)C2)cc1. The Balaban J connectivity index is 1.43. The van der Waals surface area contributed by atoms with Gasteiger partial charge in [0, 0.05) is 46.3 Å². The third-order valence-electron chi connectivity index (χ3n) is 11.5. The Labute approximate surface area is 291 Å². The topological polar surface area (TPSA) is 36.3 Å². The molecule has 1 heterocycles. The Kier molecular flexibility index (Phi) is 7.13. The maximum atomic E-state index is 10.1. The van der Waals surface area contributed by atoms with Gasteiger partial charge in [0.05, 0.1) is 11.6 Å². The summed E-state index contributed by atoms with van der Waals surface area (Å²) < 4.78 is 7.61. The van der Waals surface area contributed by atoms with E-state index >= 15 is 0 Å². The summed E-state index contributed by atoms with van der Waals surface area (Å²) in [6.45, 7) is 16.1. The van der Waals surface area contributed by atoms with Gasteiger partial charge in [0.1, 0.15) is 5.75 Å². The molecule has 0 aromatic heterocycles. The molecule has 3 aliphatic rings. The largest absolute Gasteiger partial charge is 0.472 e. The van der Waals surface area contributed by atoms with E-state index in [1.165, 1.54) is 38.9 Å². The van der Waals surface area contributed by atoms with Crippen LogP contribution < -0.4 is 9.64 Å². The molecule has 1 unspecified atom stereocenters. The number of ether oxygens (including phenoxy) is 1. The van der Waals surface area contributed by atoms with Gasteiger partial charge in [0.2, 0.25) is 0 Å². The molecule has 5 aromatic carbocycles. The minimum absolute atomic E-state index is 0.113. The van der Waals surface area contributed by atoms with Crippen LogP contribution in [-0.4, -0.2) is 13.1 Å². The van der Waals surface area contributed by atoms with E-state index in [2.05, 4.69) is 156 Å². The summed E-state index contributed by atoms with van der Waals surface area (Å²) in [7, 11) is 0. The minimum Gasteiger partial charge on any atom is -0.472 e. The Morgan fingerprint density at radius 2 is 1.37 bits per heavy atom. The van der Waals surface area contributed by atoms with Gasteiger partial charge in [-0.05, 0) is 102 Å². The Morgan fingerprint density at radius 1 is 0.735 bits per heavy atom. The summed E-state index contributed by atoms with van der Waals surface area (Å²) in [6.07, 6.45) is 7.89. The number of nitrogens with zero attached hydrogens (tertiary/aromatic N) is 2. The highest BCUT2D eigenvalue weighted by Gasteiger charge is 2.55. The van der Waals surface area contributed by atoms with E-state index in [4.69, 9.17) is 4.74 Å². The van der Waals surface area contributed by atoms with Crippen molar-refractivity contribution in [3.8, 4) is 22.9 Å². The molecule has 0 bridgehead atoms. The smallest absolute Gasteiger partial charge is 0.178 e. The van der Waals surface area contributed by atoms with E-state index in [1.807, 2.05) is 6.07 Å². The van der Waals surface area contributed by atoms with Crippen LogP contribution in [0, 0.1) is 22.2 Å². The lowest BCUT2D eigenvalue weighted by molar-refractivity contribution is 0.0641. The summed E-state index contributed by atoms with van der Waals surface area (Å²) in [4.78, 5) is 2.38. The average Bonchev–Trinajstić information content (AvgIpc) is 3.35. The van der Waals surface area contributed by atoms with Gasteiger partial charge in [-0.15, -0.1) is 0 Å². The molecule has 1 atom stereocenters. The number of hydrogen-bond donors (Lipinski definition) is 0. The van der Waals surface area contributed by atoms with Crippen LogP contribution in [0.4, 0.5) is 5.69 Å². The van der Waals surface area contributed by atoms with E-state index in [0.29, 0.717) is 0 Å². The molecule has 3 nitrogen and oxygen atoms in total. The molecular weight excluding hydrogens is 597 g/mol. The van der Waals surface area contributed by atoms with Crippen LogP contribution in [0.1, 0.15) is 94.2 Å². The van der Waals surface area contributed by atoms with Crippen LogP contribution in [0.3, 0.4) is 0 Å². The van der Waals surface area contributed by atoms with Crippen molar-refractivity contribution in [2.24, 2.45) is 10.8 Å². The lowest BCUT2D eigenvalue weighted by Crippen LogP contribution is -2.44. The Hall–Kier alpha value is -4.81. The average molecular weight is 643 g/mol. The second-order valence-corrected chi connectivity index (χ2v) is 16.1. The van der Waals surface area contributed by atoms with Crippen LogP contribution in [0.15, 0.2) is 103 Å². The van der Waals surface area contributed by atoms with E-state index in [1.54, 1.807) is 0 Å². The summed E-state index contributed by atoms with van der Waals surface area (Å²) in [5, 5.41) is 12.5. The number of benzene rings is 5. The molecule has 1 aliphatic heterocycles. The van der Waals surface area contributed by atoms with Crippen molar-refractivity contribution in [3.63, 3.8) is 0 Å². The second kappa shape index (κ2) is 11.1. The maximum Gasteiger partial charge on any atom is 0.178 e. The van der Waals surface area contributed by atoms with Crippen LogP contribution >= 0.6 is 0 Å². The predicted octanol–water partition coefficient (Wildman–Crippen LogP) is 11.4. The van der Waals surface area contributed by atoms with E-state index < -0.39 is 5.60 Å². The molecule has 0 radical (unpaired) electrons. The molecule has 0 saturated heterocycles. The first kappa shape index (κ1) is 31.5. The first-order chi connectivity index (χ1) is 23.5. The third kappa shape index (κ3) is 4.75. The van der Waals surface area contributed by atoms with Gasteiger partial charge in [-0.3, -0.25) is 0 Å². The van der Waals surface area contributed by atoms with Gasteiger partial charge in [0.25, 0.3) is 0 Å². The quantitative estimate of drug-likeness (QED) is 0.191. The zero-order valence-electron chi connectivity index (χ0n) is 29.7. The summed E-state index contributed by atoms with van der Waals surface area (Å²) in [5.41, 5.74) is 9.79. The number of anilines is 1. The molecule has 2 aliphatic carbocycles. The van der Waals surface area contributed by atoms with Crippen LogP contribution in [-0.2, 0) is 11.0 Å². The lowest BCUT2D eigenvalue weighted by Gasteiger charge is -2.52. The number of rotatable bonds is 5. The monoisotopic (exact) mass is 642 g/mol. The molecule has 3 heteroatoms. The minimum atomic E-state index is -0.801. The van der Waals surface area contributed by atoms with E-state index in [-0.39, 0.29) is 16.2 Å². The van der Waals surface area contributed by atoms with E-state index in [9.17, 15) is 5.26 Å². The van der Waals surface area contributed by atoms with Crippen LogP contribution in [0.25, 0.3) is 28.0 Å². The fourth-order valence-corrected chi connectivity index (χ4v) is 10.4. The number of hydrogen-bond acceptors (Lipinski definition) is 3. The van der Waals surface area contributed by atoms with Crippen LogP contribution in [0.2, 0.25) is 0 Å². The molecular formula is C46H46N2O. The van der Waals surface area contributed by atoms with Crippen molar-refractivity contribution in [1.29, 1.82) is 5.26 Å². The van der Waals surface area contributed by atoms with Gasteiger partial charge >= 0.3 is 0 Å². The third-order valence-corrected chi connectivity index (χ3v) is 11.5. The zero-order valence-corrected chi connectivity index (χ0v) is 29.7. The van der Waals surface area contributed by atoms with Gasteiger partial charge in [-0.25, -0.2) is 0 Å². The van der Waals surface area contributed by atoms with Gasteiger partial charge in [-0.2, -0.15) is 5.26 Å². The second-order valence-electron chi connectivity index (χ2n) is 16.1. The Morgan fingerprint density at radius 3 is 2.02 bits per heavy atom. The molecule has 1 fully saturated rings. The molecule has 0 N–H and O–H groups in total. The fourth-order valence-electron chi connectivity index (χ4n) is 10.4. The summed E-state index contributed by atoms with van der Waals surface area (Å²) in [6, 6.07) is 37.4. The van der Waals surface area contributed by atoms with Crippen molar-refractivity contribution in [3.05, 3.63) is 137 Å². The highest BCUT2D eigenvalue weighted by atomic mass is 16.5. The highest BCUT2D eigenvalue weighted by molar-refractivity contribution is 6.08. The van der Waals surface area contributed by atoms with Gasteiger partial charge < -0.3 is 9.64 Å². The van der Waals surface area contributed by atoms with Crippen molar-refractivity contribution >= 4 is 22.5 Å². The summed E-state index contributed by atoms with van der Waals surface area (Å²) in [5.74, 6) is 0.947. The van der Waals surface area contributed by atoms with E-state index in [0.717, 1.165) is 60.2 Å². The standard InChI is InChI=1S/C46H46N2O/c1-7-48(8-2)34-21-19-33(20-22-34)46(32-14-10-9-11-15-32)25-24-38-41-40(35-16-12-13-17-36(35)42(38)49-46)37-23-18-31(27-47)26-39(37)45(41)29-43(3,4)28-44(5,6)30-45/h9-26H,7-8,28-30H2,1-6H3. The molecule has 49 heavy (non-hydrogen) atoms. The predicted molar refractivity (Wildman–Crippen MR) is 203 cm³/mol. The maximum absolute atomic E-state index is 10.1. The van der Waals surface area contributed by atoms with Gasteiger partial charge in [-0.1, -0.05) is 107 Å².